The lowest BCUT2D eigenvalue weighted by molar-refractivity contribution is -0.136. The Labute approximate surface area is 166 Å². The van der Waals surface area contributed by atoms with Gasteiger partial charge in [-0.3, -0.25) is 0 Å². The smallest absolute Gasteiger partial charge is 0.417 e. The summed E-state index contributed by atoms with van der Waals surface area (Å²) in [7, 11) is 1.55. The molecule has 0 fully saturated rings. The van der Waals surface area contributed by atoms with Gasteiger partial charge in [0.2, 0.25) is 5.89 Å². The van der Waals surface area contributed by atoms with Crippen LogP contribution in [0, 0.1) is 0 Å². The minimum Gasteiger partial charge on any atom is -0.497 e. The van der Waals surface area contributed by atoms with E-state index in [-0.39, 0.29) is 35.1 Å². The van der Waals surface area contributed by atoms with Crippen LogP contribution in [0.5, 0.6) is 11.5 Å². The highest BCUT2D eigenvalue weighted by atomic mass is 19.4. The number of fused-ring (bicyclic) bond motifs is 1. The maximum atomic E-state index is 13.1. The van der Waals surface area contributed by atoms with Crippen LogP contribution in [-0.2, 0) is 12.8 Å². The van der Waals surface area contributed by atoms with Crippen LogP contribution in [0.3, 0.4) is 0 Å². The minimum atomic E-state index is -4.68. The zero-order valence-corrected chi connectivity index (χ0v) is 15.4. The number of hydrogen-bond acceptors (Lipinski definition) is 7. The monoisotopic (exact) mass is 418 g/mol. The van der Waals surface area contributed by atoms with Gasteiger partial charge in [-0.05, 0) is 36.4 Å². The minimum absolute atomic E-state index is 0.127. The highest BCUT2D eigenvalue weighted by molar-refractivity contribution is 5.82. The molecule has 0 spiro atoms. The lowest BCUT2D eigenvalue weighted by Gasteiger charge is -2.10. The van der Waals surface area contributed by atoms with Crippen molar-refractivity contribution in [1.29, 1.82) is 0 Å². The Bertz CT molecular complexity index is 1250. The highest BCUT2D eigenvalue weighted by Crippen LogP contribution is 2.35. The maximum absolute atomic E-state index is 13.1. The molecule has 0 N–H and O–H groups in total. The van der Waals surface area contributed by atoms with Gasteiger partial charge in [0.05, 0.1) is 12.7 Å². The van der Waals surface area contributed by atoms with Crippen molar-refractivity contribution >= 4 is 11.0 Å². The van der Waals surface area contributed by atoms with E-state index in [1.807, 2.05) is 0 Å². The summed E-state index contributed by atoms with van der Waals surface area (Å²) in [4.78, 5) is 11.5. The van der Waals surface area contributed by atoms with E-state index >= 15 is 0 Å². The number of halogens is 3. The van der Waals surface area contributed by atoms with Gasteiger partial charge in [0.25, 0.3) is 5.89 Å². The summed E-state index contributed by atoms with van der Waals surface area (Å²) in [6.07, 6.45) is -4.68. The molecule has 30 heavy (non-hydrogen) atoms. The fourth-order valence-electron chi connectivity index (χ4n) is 2.77. The molecule has 0 unspecified atom stereocenters. The van der Waals surface area contributed by atoms with Crippen molar-refractivity contribution in [2.45, 2.75) is 12.8 Å². The van der Waals surface area contributed by atoms with Crippen LogP contribution < -0.4 is 15.1 Å². The zero-order valence-electron chi connectivity index (χ0n) is 15.4. The van der Waals surface area contributed by atoms with E-state index in [0.717, 1.165) is 0 Å². The van der Waals surface area contributed by atoms with Crippen LogP contribution in [0.4, 0.5) is 13.2 Å². The van der Waals surface area contributed by atoms with Crippen LogP contribution in [0.15, 0.2) is 62.2 Å². The number of hydrogen-bond donors (Lipinski definition) is 0. The van der Waals surface area contributed by atoms with Crippen LogP contribution in [-0.4, -0.2) is 17.3 Å². The molecule has 0 amide bonds. The lowest BCUT2D eigenvalue weighted by atomic mass is 10.1. The molecule has 154 valence electrons. The lowest BCUT2D eigenvalue weighted by Crippen LogP contribution is -2.11. The number of benzene rings is 2. The van der Waals surface area contributed by atoms with E-state index in [1.54, 1.807) is 31.4 Å². The van der Waals surface area contributed by atoms with Crippen LogP contribution in [0.1, 0.15) is 11.5 Å². The molecule has 7 nitrogen and oxygen atoms in total. The molecule has 0 radical (unpaired) electrons. The van der Waals surface area contributed by atoms with Gasteiger partial charge in [0.1, 0.15) is 17.1 Å². The fraction of sp³-hybridized carbons (Fsp3) is 0.150. The summed E-state index contributed by atoms with van der Waals surface area (Å²) in [5, 5.41) is 7.57. The van der Waals surface area contributed by atoms with Crippen molar-refractivity contribution in [3.8, 4) is 23.0 Å². The van der Waals surface area contributed by atoms with E-state index in [9.17, 15) is 18.0 Å². The Kier molecular flexibility index (Phi) is 4.90. The number of aromatic nitrogens is 2. The average Bonchev–Trinajstić information content (AvgIpc) is 3.20. The Morgan fingerprint density at radius 2 is 1.70 bits per heavy atom. The third-order valence-electron chi connectivity index (χ3n) is 4.19. The molecule has 0 aliphatic rings. The van der Waals surface area contributed by atoms with Gasteiger partial charge >= 0.3 is 11.8 Å². The highest BCUT2D eigenvalue weighted by Gasteiger charge is 2.33. The molecule has 4 rings (SSSR count). The van der Waals surface area contributed by atoms with Crippen molar-refractivity contribution in [3.05, 3.63) is 70.4 Å². The van der Waals surface area contributed by atoms with Crippen molar-refractivity contribution in [3.63, 3.8) is 0 Å². The predicted octanol–water partition coefficient (Wildman–Crippen LogP) is 4.45. The van der Waals surface area contributed by atoms with E-state index in [0.29, 0.717) is 17.4 Å². The van der Waals surface area contributed by atoms with E-state index < -0.39 is 17.4 Å². The summed E-state index contributed by atoms with van der Waals surface area (Å²) in [6, 6.07) is 11.1. The number of methoxy groups -OCH3 is 1. The van der Waals surface area contributed by atoms with Crippen LogP contribution in [0.25, 0.3) is 22.4 Å². The molecule has 0 bridgehead atoms. The van der Waals surface area contributed by atoms with Crippen molar-refractivity contribution in [2.24, 2.45) is 0 Å². The first-order valence-corrected chi connectivity index (χ1v) is 8.58. The molecule has 4 aromatic rings. The van der Waals surface area contributed by atoms with Gasteiger partial charge in [0, 0.05) is 23.1 Å². The third-order valence-corrected chi connectivity index (χ3v) is 4.19. The quantitative estimate of drug-likeness (QED) is 0.443. The Morgan fingerprint density at radius 3 is 2.40 bits per heavy atom. The first-order chi connectivity index (χ1) is 14.3. The standard InChI is InChI=1S/C20H13F3N2O5/c1-27-12-4-2-11(3-5-12)19-25-24-17(30-19)10-28-13-6-7-14-15(20(21,22)23)9-18(26)29-16(14)8-13/h2-9H,10H2,1H3. The molecule has 0 atom stereocenters. The predicted molar refractivity (Wildman–Crippen MR) is 98.1 cm³/mol. The van der Waals surface area contributed by atoms with Gasteiger partial charge in [0.15, 0.2) is 6.61 Å². The first-order valence-electron chi connectivity index (χ1n) is 8.58. The molecule has 10 heteroatoms. The molecule has 2 heterocycles. The van der Waals surface area contributed by atoms with Crippen molar-refractivity contribution in [1.82, 2.24) is 10.2 Å². The third kappa shape index (κ3) is 3.97. The SMILES string of the molecule is COc1ccc(-c2nnc(COc3ccc4c(C(F)(F)F)cc(=O)oc4c3)o2)cc1. The maximum Gasteiger partial charge on any atom is 0.417 e. The summed E-state index contributed by atoms with van der Waals surface area (Å²) >= 11 is 0. The molecule has 0 aliphatic heterocycles. The fourth-order valence-corrected chi connectivity index (χ4v) is 2.77. The molecule has 2 aromatic carbocycles. The first kappa shape index (κ1) is 19.5. The number of nitrogens with zero attached hydrogens (tertiary/aromatic N) is 2. The molecular weight excluding hydrogens is 405 g/mol. The Morgan fingerprint density at radius 1 is 0.967 bits per heavy atom. The average molecular weight is 418 g/mol. The molecular formula is C20H13F3N2O5. The molecule has 2 aromatic heterocycles. The zero-order chi connectivity index (χ0) is 21.3. The van der Waals surface area contributed by atoms with Gasteiger partial charge in [-0.25, -0.2) is 4.79 Å². The summed E-state index contributed by atoms with van der Waals surface area (Å²) in [6.45, 7) is -0.127. The number of ether oxygens (including phenoxy) is 2. The number of alkyl halides is 3. The second-order valence-corrected chi connectivity index (χ2v) is 6.15. The second-order valence-electron chi connectivity index (χ2n) is 6.15. The van der Waals surface area contributed by atoms with Gasteiger partial charge in [-0.15, -0.1) is 10.2 Å². The second kappa shape index (κ2) is 7.54. The Hall–Kier alpha value is -3.82. The van der Waals surface area contributed by atoms with Crippen LogP contribution in [0.2, 0.25) is 0 Å². The largest absolute Gasteiger partial charge is 0.497 e. The van der Waals surface area contributed by atoms with Crippen LogP contribution >= 0.6 is 0 Å². The summed E-state index contributed by atoms with van der Waals surface area (Å²) < 4.78 is 60.3. The van der Waals surface area contributed by atoms with E-state index in [4.69, 9.17) is 18.3 Å². The van der Waals surface area contributed by atoms with Crippen molar-refractivity contribution in [2.75, 3.05) is 7.11 Å². The molecule has 0 saturated heterocycles. The summed E-state index contributed by atoms with van der Waals surface area (Å²) in [5.74, 6) is 1.29. The Balaban J connectivity index is 1.53. The van der Waals surface area contributed by atoms with E-state index in [1.165, 1.54) is 18.2 Å². The van der Waals surface area contributed by atoms with Gasteiger partial charge in [-0.2, -0.15) is 13.2 Å². The number of rotatable bonds is 5. The normalized spacial score (nSPS) is 11.6. The van der Waals surface area contributed by atoms with Crippen molar-refractivity contribution < 1.29 is 31.5 Å². The molecule has 0 saturated carbocycles. The topological polar surface area (TPSA) is 87.6 Å². The molecule has 0 aliphatic carbocycles. The summed E-state index contributed by atoms with van der Waals surface area (Å²) in [5.41, 5.74) is -1.73. The van der Waals surface area contributed by atoms with Gasteiger partial charge < -0.3 is 18.3 Å². The van der Waals surface area contributed by atoms with E-state index in [2.05, 4.69) is 10.2 Å². The van der Waals surface area contributed by atoms with Gasteiger partial charge in [-0.1, -0.05) is 0 Å².